The molecule has 0 radical (unpaired) electrons. The van der Waals surface area contributed by atoms with Gasteiger partial charge in [-0.05, 0) is 26.1 Å². The van der Waals surface area contributed by atoms with Gasteiger partial charge in [-0.25, -0.2) is 0 Å². The average Bonchev–Trinajstić information content (AvgIpc) is 2.43. The van der Waals surface area contributed by atoms with Crippen molar-refractivity contribution < 1.29 is 0 Å². The van der Waals surface area contributed by atoms with Gasteiger partial charge in [-0.15, -0.1) is 24.0 Å². The summed E-state index contributed by atoms with van der Waals surface area (Å²) in [6.45, 7) is 3.92. The molecule has 4 nitrogen and oxygen atoms in total. The molecular formula is C15H27IN4. The van der Waals surface area contributed by atoms with Crippen LogP contribution in [0.15, 0.2) is 35.3 Å². The van der Waals surface area contributed by atoms with E-state index < -0.39 is 0 Å². The van der Waals surface area contributed by atoms with Crippen LogP contribution in [0.1, 0.15) is 24.9 Å². The fourth-order valence-electron chi connectivity index (χ4n) is 1.93. The molecule has 0 aliphatic rings. The first-order valence-electron chi connectivity index (χ1n) is 6.85. The van der Waals surface area contributed by atoms with E-state index in [-0.39, 0.29) is 24.0 Å². The van der Waals surface area contributed by atoms with Gasteiger partial charge in [-0.3, -0.25) is 4.99 Å². The molecule has 1 atom stereocenters. The zero-order chi connectivity index (χ0) is 14.1. The minimum absolute atomic E-state index is 0. The van der Waals surface area contributed by atoms with Crippen molar-refractivity contribution in [3.63, 3.8) is 0 Å². The molecule has 0 saturated heterocycles. The van der Waals surface area contributed by atoms with Crippen molar-refractivity contribution >= 4 is 29.9 Å². The Bertz CT molecular complexity index is 379. The van der Waals surface area contributed by atoms with Gasteiger partial charge < -0.3 is 15.5 Å². The van der Waals surface area contributed by atoms with Crippen molar-refractivity contribution in [3.8, 4) is 0 Å². The van der Waals surface area contributed by atoms with Crippen LogP contribution in [0.3, 0.4) is 0 Å². The fraction of sp³-hybridized carbons (Fsp3) is 0.533. The van der Waals surface area contributed by atoms with Crippen molar-refractivity contribution in [2.75, 3.05) is 34.2 Å². The number of benzene rings is 1. The number of hydrogen-bond acceptors (Lipinski definition) is 2. The van der Waals surface area contributed by atoms with Crippen molar-refractivity contribution in [3.05, 3.63) is 35.9 Å². The van der Waals surface area contributed by atoms with E-state index in [9.17, 15) is 0 Å². The Hall–Kier alpha value is -0.820. The molecule has 2 N–H and O–H groups in total. The quantitative estimate of drug-likeness (QED) is 0.446. The van der Waals surface area contributed by atoms with Crippen molar-refractivity contribution in [1.29, 1.82) is 0 Å². The maximum absolute atomic E-state index is 4.23. The molecule has 1 aromatic carbocycles. The van der Waals surface area contributed by atoms with Crippen LogP contribution in [0.25, 0.3) is 0 Å². The smallest absolute Gasteiger partial charge is 0.191 e. The van der Waals surface area contributed by atoms with Gasteiger partial charge >= 0.3 is 0 Å². The molecule has 0 fully saturated rings. The third kappa shape index (κ3) is 6.56. The topological polar surface area (TPSA) is 39.7 Å². The third-order valence-corrected chi connectivity index (χ3v) is 3.04. The molecule has 5 heteroatoms. The molecule has 0 spiro atoms. The highest BCUT2D eigenvalue weighted by Gasteiger charge is 2.13. The molecule has 0 aromatic heterocycles. The summed E-state index contributed by atoms with van der Waals surface area (Å²) >= 11 is 0. The van der Waals surface area contributed by atoms with Crippen LogP contribution in [0.5, 0.6) is 0 Å². The Balaban J connectivity index is 0.00000361. The first-order chi connectivity index (χ1) is 9.19. The second-order valence-corrected chi connectivity index (χ2v) is 4.77. The van der Waals surface area contributed by atoms with Crippen LogP contribution in [0.4, 0.5) is 0 Å². The Morgan fingerprint density at radius 3 is 2.35 bits per heavy atom. The Labute approximate surface area is 140 Å². The predicted octanol–water partition coefficient (Wildman–Crippen LogP) is 2.48. The fourth-order valence-corrected chi connectivity index (χ4v) is 1.93. The van der Waals surface area contributed by atoms with Gasteiger partial charge in [0.1, 0.15) is 0 Å². The standard InChI is InChI=1S/C15H26N4.HI/c1-5-11-17-15(16-2)18-12-14(19(3)4)13-9-7-6-8-10-13;/h6-10,14H,5,11-12H2,1-4H3,(H2,16,17,18);1H. The van der Waals surface area contributed by atoms with Crippen LogP contribution in [0, 0.1) is 0 Å². The lowest BCUT2D eigenvalue weighted by atomic mass is 10.1. The Morgan fingerprint density at radius 2 is 1.85 bits per heavy atom. The summed E-state index contributed by atoms with van der Waals surface area (Å²) < 4.78 is 0. The van der Waals surface area contributed by atoms with Gasteiger partial charge in [0.2, 0.25) is 0 Å². The van der Waals surface area contributed by atoms with Gasteiger partial charge in [0.15, 0.2) is 5.96 Å². The number of guanidine groups is 1. The number of nitrogens with one attached hydrogen (secondary N) is 2. The molecule has 0 aliphatic heterocycles. The molecule has 0 heterocycles. The molecular weight excluding hydrogens is 363 g/mol. The van der Waals surface area contributed by atoms with Crippen molar-refractivity contribution in [1.82, 2.24) is 15.5 Å². The van der Waals surface area contributed by atoms with E-state index in [4.69, 9.17) is 0 Å². The molecule has 1 rings (SSSR count). The summed E-state index contributed by atoms with van der Waals surface area (Å²) in [5.74, 6) is 0.865. The Kier molecular flexibility index (Phi) is 10.5. The summed E-state index contributed by atoms with van der Waals surface area (Å²) in [6.07, 6.45) is 1.09. The van der Waals surface area contributed by atoms with Crippen LogP contribution in [0.2, 0.25) is 0 Å². The minimum atomic E-state index is 0. The number of rotatable bonds is 6. The van der Waals surface area contributed by atoms with Crippen LogP contribution >= 0.6 is 24.0 Å². The summed E-state index contributed by atoms with van der Waals surface area (Å²) in [4.78, 5) is 6.44. The van der Waals surface area contributed by atoms with Crippen LogP contribution < -0.4 is 10.6 Å². The second-order valence-electron chi connectivity index (χ2n) is 4.77. The first-order valence-corrected chi connectivity index (χ1v) is 6.85. The highest BCUT2D eigenvalue weighted by molar-refractivity contribution is 14.0. The van der Waals surface area contributed by atoms with E-state index in [2.05, 4.69) is 65.8 Å². The largest absolute Gasteiger partial charge is 0.356 e. The monoisotopic (exact) mass is 390 g/mol. The lowest BCUT2D eigenvalue weighted by Gasteiger charge is -2.26. The number of hydrogen-bond donors (Lipinski definition) is 2. The number of halogens is 1. The normalized spacial score (nSPS) is 12.8. The van der Waals surface area contributed by atoms with Gasteiger partial charge in [0.25, 0.3) is 0 Å². The number of nitrogens with zero attached hydrogens (tertiary/aromatic N) is 2. The van der Waals surface area contributed by atoms with E-state index in [1.54, 1.807) is 7.05 Å². The zero-order valence-electron chi connectivity index (χ0n) is 12.9. The lowest BCUT2D eigenvalue weighted by molar-refractivity contribution is 0.298. The van der Waals surface area contributed by atoms with E-state index in [1.165, 1.54) is 5.56 Å². The third-order valence-electron chi connectivity index (χ3n) is 3.04. The first kappa shape index (κ1) is 19.2. The number of aliphatic imine (C=N–C) groups is 1. The number of likely N-dealkylation sites (N-methyl/N-ethyl adjacent to an activating group) is 1. The second kappa shape index (κ2) is 10.9. The molecule has 0 saturated carbocycles. The summed E-state index contributed by atoms with van der Waals surface area (Å²) in [7, 11) is 6.00. The predicted molar refractivity (Wildman–Crippen MR) is 97.9 cm³/mol. The highest BCUT2D eigenvalue weighted by Crippen LogP contribution is 2.16. The van der Waals surface area contributed by atoms with E-state index >= 15 is 0 Å². The van der Waals surface area contributed by atoms with Gasteiger partial charge in [0.05, 0.1) is 6.04 Å². The zero-order valence-corrected chi connectivity index (χ0v) is 15.2. The summed E-state index contributed by atoms with van der Waals surface area (Å²) in [6, 6.07) is 10.9. The molecule has 0 amide bonds. The Morgan fingerprint density at radius 1 is 1.20 bits per heavy atom. The maximum Gasteiger partial charge on any atom is 0.191 e. The molecule has 0 bridgehead atoms. The average molecular weight is 390 g/mol. The molecule has 1 unspecified atom stereocenters. The summed E-state index contributed by atoms with van der Waals surface area (Å²) in [5.41, 5.74) is 1.31. The molecule has 114 valence electrons. The van der Waals surface area contributed by atoms with Crippen molar-refractivity contribution in [2.45, 2.75) is 19.4 Å². The van der Waals surface area contributed by atoms with Crippen LogP contribution in [-0.4, -0.2) is 45.1 Å². The van der Waals surface area contributed by atoms with Crippen molar-refractivity contribution in [2.24, 2.45) is 4.99 Å². The van der Waals surface area contributed by atoms with Gasteiger partial charge in [-0.1, -0.05) is 37.3 Å². The van der Waals surface area contributed by atoms with Gasteiger partial charge in [-0.2, -0.15) is 0 Å². The van der Waals surface area contributed by atoms with E-state index in [0.717, 1.165) is 25.5 Å². The molecule has 20 heavy (non-hydrogen) atoms. The van der Waals surface area contributed by atoms with Gasteiger partial charge in [0, 0.05) is 20.1 Å². The molecule has 1 aromatic rings. The maximum atomic E-state index is 4.23. The highest BCUT2D eigenvalue weighted by atomic mass is 127. The molecule has 0 aliphatic carbocycles. The van der Waals surface area contributed by atoms with E-state index in [0.29, 0.717) is 6.04 Å². The van der Waals surface area contributed by atoms with Crippen LogP contribution in [-0.2, 0) is 0 Å². The lowest BCUT2D eigenvalue weighted by Crippen LogP contribution is -2.41. The SMILES string of the molecule is CCCNC(=NC)NCC(c1ccccc1)N(C)C.I. The summed E-state index contributed by atoms with van der Waals surface area (Å²) in [5, 5.41) is 6.67. The van der Waals surface area contributed by atoms with E-state index in [1.807, 2.05) is 6.07 Å². The minimum Gasteiger partial charge on any atom is -0.356 e.